The molecule has 0 amide bonds. The zero-order chi connectivity index (χ0) is 14.8. The van der Waals surface area contributed by atoms with Crippen molar-refractivity contribution in [2.24, 2.45) is 5.41 Å². The smallest absolute Gasteiger partial charge is 0.273 e. The van der Waals surface area contributed by atoms with Crippen LogP contribution in [0.4, 0.5) is 0 Å². The molecular weight excluding hydrogens is 276 g/mol. The molecule has 1 aliphatic carbocycles. The Hall–Kier alpha value is -0.850. The van der Waals surface area contributed by atoms with Gasteiger partial charge in [-0.25, -0.2) is 13.1 Å². The Morgan fingerprint density at radius 1 is 1.35 bits per heavy atom. The largest absolute Gasteiger partial charge is 0.447 e. The molecule has 1 fully saturated rings. The summed E-state index contributed by atoms with van der Waals surface area (Å²) in [7, 11) is -3.53. The van der Waals surface area contributed by atoms with Crippen molar-refractivity contribution >= 4 is 10.0 Å². The first-order valence-electron chi connectivity index (χ1n) is 7.13. The summed E-state index contributed by atoms with van der Waals surface area (Å²) in [6.07, 6.45) is 3.35. The van der Waals surface area contributed by atoms with Gasteiger partial charge in [0.1, 0.15) is 5.76 Å². The molecule has 2 N–H and O–H groups in total. The highest BCUT2D eigenvalue weighted by molar-refractivity contribution is 7.89. The highest BCUT2D eigenvalue weighted by Crippen LogP contribution is 2.39. The Bertz CT molecular complexity index is 545. The molecule has 0 radical (unpaired) electrons. The Kier molecular flexibility index (Phi) is 4.56. The fraction of sp³-hybridized carbons (Fsp3) is 0.714. The van der Waals surface area contributed by atoms with Gasteiger partial charge >= 0.3 is 0 Å². The third kappa shape index (κ3) is 3.84. The summed E-state index contributed by atoms with van der Waals surface area (Å²) in [4.78, 5) is 0. The fourth-order valence-electron chi connectivity index (χ4n) is 2.20. The van der Waals surface area contributed by atoms with Crippen molar-refractivity contribution in [3.63, 3.8) is 0 Å². The topological polar surface area (TPSA) is 71.3 Å². The molecule has 1 heterocycles. The second-order valence-electron chi connectivity index (χ2n) is 6.25. The standard InChI is InChI=1S/C14H24N2O3S/c1-11(2)15-9-12-5-6-13(19-12)20(17,18)16-10-14(3)7-4-8-14/h5-6,11,15-16H,4,7-10H2,1-3H3. The van der Waals surface area contributed by atoms with Crippen LogP contribution in [0.1, 0.15) is 45.8 Å². The van der Waals surface area contributed by atoms with Crippen molar-refractivity contribution in [3.8, 4) is 0 Å². The van der Waals surface area contributed by atoms with Crippen molar-refractivity contribution in [2.45, 2.75) is 57.7 Å². The summed E-state index contributed by atoms with van der Waals surface area (Å²) in [6.45, 7) is 7.18. The molecule has 1 aromatic rings. The molecular formula is C14H24N2O3S. The van der Waals surface area contributed by atoms with Gasteiger partial charge in [0.25, 0.3) is 10.0 Å². The van der Waals surface area contributed by atoms with Crippen molar-refractivity contribution < 1.29 is 12.8 Å². The van der Waals surface area contributed by atoms with Crippen molar-refractivity contribution in [1.82, 2.24) is 10.0 Å². The van der Waals surface area contributed by atoms with Crippen LogP contribution < -0.4 is 10.0 Å². The molecule has 1 aliphatic rings. The summed E-state index contributed by atoms with van der Waals surface area (Å²) in [5.74, 6) is 0.633. The number of furan rings is 1. The monoisotopic (exact) mass is 300 g/mol. The Morgan fingerprint density at radius 2 is 2.05 bits per heavy atom. The summed E-state index contributed by atoms with van der Waals surface area (Å²) in [6, 6.07) is 3.55. The average Bonchev–Trinajstić information content (AvgIpc) is 2.81. The van der Waals surface area contributed by atoms with E-state index in [4.69, 9.17) is 4.42 Å². The number of sulfonamides is 1. The van der Waals surface area contributed by atoms with Gasteiger partial charge < -0.3 is 9.73 Å². The summed E-state index contributed by atoms with van der Waals surface area (Å²) in [5.41, 5.74) is 0.113. The van der Waals surface area contributed by atoms with Crippen LogP contribution in [-0.4, -0.2) is 21.0 Å². The van der Waals surface area contributed by atoms with Crippen LogP contribution in [0.25, 0.3) is 0 Å². The summed E-state index contributed by atoms with van der Waals surface area (Å²) < 4.78 is 32.3. The molecule has 114 valence electrons. The van der Waals surface area contributed by atoms with Crippen LogP contribution in [0.3, 0.4) is 0 Å². The SMILES string of the molecule is CC(C)NCc1ccc(S(=O)(=O)NCC2(C)CCC2)o1. The highest BCUT2D eigenvalue weighted by atomic mass is 32.2. The lowest BCUT2D eigenvalue weighted by molar-refractivity contribution is 0.166. The lowest BCUT2D eigenvalue weighted by Gasteiger charge is -2.38. The van der Waals surface area contributed by atoms with Gasteiger partial charge in [-0.2, -0.15) is 0 Å². The number of hydrogen-bond acceptors (Lipinski definition) is 4. The Morgan fingerprint density at radius 3 is 2.60 bits per heavy atom. The molecule has 0 aromatic carbocycles. The van der Waals surface area contributed by atoms with Crippen LogP contribution in [0.15, 0.2) is 21.6 Å². The van der Waals surface area contributed by atoms with E-state index in [1.807, 2.05) is 13.8 Å². The lowest BCUT2D eigenvalue weighted by atomic mass is 9.71. The van der Waals surface area contributed by atoms with Gasteiger partial charge in [0.05, 0.1) is 6.54 Å². The minimum atomic E-state index is -3.53. The van der Waals surface area contributed by atoms with Gasteiger partial charge in [0.15, 0.2) is 0 Å². The molecule has 6 heteroatoms. The molecule has 0 bridgehead atoms. The summed E-state index contributed by atoms with van der Waals surface area (Å²) in [5, 5.41) is 3.19. The highest BCUT2D eigenvalue weighted by Gasteiger charge is 2.33. The maximum absolute atomic E-state index is 12.1. The Balaban J connectivity index is 1.95. The molecule has 0 aliphatic heterocycles. The first kappa shape index (κ1) is 15.5. The van der Waals surface area contributed by atoms with Crippen LogP contribution >= 0.6 is 0 Å². The van der Waals surface area contributed by atoms with Gasteiger partial charge in [-0.1, -0.05) is 27.2 Å². The van der Waals surface area contributed by atoms with E-state index in [9.17, 15) is 8.42 Å². The Labute approximate surface area is 121 Å². The van der Waals surface area contributed by atoms with Gasteiger partial charge in [-0.15, -0.1) is 0 Å². The molecule has 0 spiro atoms. The van der Waals surface area contributed by atoms with E-state index in [0.717, 1.165) is 12.8 Å². The van der Waals surface area contributed by atoms with E-state index in [1.165, 1.54) is 12.5 Å². The third-order valence-electron chi connectivity index (χ3n) is 3.84. The van der Waals surface area contributed by atoms with Crippen LogP contribution in [0, 0.1) is 5.41 Å². The normalized spacial score (nSPS) is 18.2. The molecule has 1 aromatic heterocycles. The van der Waals surface area contributed by atoms with Crippen molar-refractivity contribution in [1.29, 1.82) is 0 Å². The van der Waals surface area contributed by atoms with Crippen LogP contribution in [0.2, 0.25) is 0 Å². The minimum absolute atomic E-state index is 0.000907. The van der Waals surface area contributed by atoms with E-state index in [-0.39, 0.29) is 10.5 Å². The minimum Gasteiger partial charge on any atom is -0.447 e. The summed E-state index contributed by atoms with van der Waals surface area (Å²) >= 11 is 0. The quantitative estimate of drug-likeness (QED) is 0.810. The predicted molar refractivity (Wildman–Crippen MR) is 77.8 cm³/mol. The maximum Gasteiger partial charge on any atom is 0.273 e. The average molecular weight is 300 g/mol. The van der Waals surface area contributed by atoms with E-state index in [1.54, 1.807) is 6.07 Å². The first-order valence-corrected chi connectivity index (χ1v) is 8.61. The fourth-order valence-corrected chi connectivity index (χ4v) is 3.34. The number of nitrogens with one attached hydrogen (secondary N) is 2. The van der Waals surface area contributed by atoms with E-state index in [2.05, 4.69) is 17.0 Å². The van der Waals surface area contributed by atoms with Crippen LogP contribution in [-0.2, 0) is 16.6 Å². The first-order chi connectivity index (χ1) is 9.31. The van der Waals surface area contributed by atoms with E-state index >= 15 is 0 Å². The lowest BCUT2D eigenvalue weighted by Crippen LogP contribution is -2.39. The van der Waals surface area contributed by atoms with Gasteiger partial charge in [0.2, 0.25) is 5.09 Å². The molecule has 20 heavy (non-hydrogen) atoms. The van der Waals surface area contributed by atoms with Gasteiger partial charge in [-0.3, -0.25) is 0 Å². The zero-order valence-corrected chi connectivity index (χ0v) is 13.2. The van der Waals surface area contributed by atoms with Crippen LogP contribution in [0.5, 0.6) is 0 Å². The van der Waals surface area contributed by atoms with Gasteiger partial charge in [0, 0.05) is 12.6 Å². The predicted octanol–water partition coefficient (Wildman–Crippen LogP) is 2.25. The van der Waals surface area contributed by atoms with Gasteiger partial charge in [-0.05, 0) is 30.4 Å². The second kappa shape index (κ2) is 5.87. The molecule has 2 rings (SSSR count). The number of rotatable bonds is 7. The molecule has 0 saturated heterocycles. The molecule has 0 unspecified atom stereocenters. The van der Waals surface area contributed by atoms with Crippen molar-refractivity contribution in [2.75, 3.05) is 6.54 Å². The van der Waals surface area contributed by atoms with Crippen molar-refractivity contribution in [3.05, 3.63) is 17.9 Å². The van der Waals surface area contributed by atoms with E-state index in [0.29, 0.717) is 24.9 Å². The number of hydrogen-bond donors (Lipinski definition) is 2. The molecule has 5 nitrogen and oxygen atoms in total. The molecule has 0 atom stereocenters. The zero-order valence-electron chi connectivity index (χ0n) is 12.4. The maximum atomic E-state index is 12.1. The molecule has 1 saturated carbocycles. The van der Waals surface area contributed by atoms with E-state index < -0.39 is 10.0 Å². The third-order valence-corrected chi connectivity index (χ3v) is 5.11. The second-order valence-corrected chi connectivity index (χ2v) is 7.94.